The van der Waals surface area contributed by atoms with Crippen molar-refractivity contribution in [2.75, 3.05) is 24.5 Å². The summed E-state index contributed by atoms with van der Waals surface area (Å²) in [6.07, 6.45) is -0.600. The monoisotopic (exact) mass is 433 g/mol. The van der Waals surface area contributed by atoms with Crippen LogP contribution in [-0.4, -0.2) is 54.1 Å². The maximum Gasteiger partial charge on any atom is 0.413 e. The van der Waals surface area contributed by atoms with Crippen LogP contribution in [0.25, 0.3) is 5.57 Å². The molecule has 7 nitrogen and oxygen atoms in total. The Labute approximate surface area is 179 Å². The predicted octanol–water partition coefficient (Wildman–Crippen LogP) is 3.17. The maximum absolute atomic E-state index is 15.0. The zero-order valence-electron chi connectivity index (χ0n) is 17.8. The number of amides is 1. The van der Waals surface area contributed by atoms with Crippen molar-refractivity contribution < 1.29 is 13.9 Å². The Morgan fingerprint density at radius 1 is 1.53 bits per heavy atom. The van der Waals surface area contributed by atoms with E-state index in [9.17, 15) is 9.18 Å². The molecule has 162 valence electrons. The van der Waals surface area contributed by atoms with Gasteiger partial charge in [0.1, 0.15) is 11.7 Å². The Bertz CT molecular complexity index is 909. The normalized spacial score (nSPS) is 27.2. The fourth-order valence-electron chi connectivity index (χ4n) is 3.73. The van der Waals surface area contributed by atoms with Gasteiger partial charge in [-0.05, 0) is 51.0 Å². The molecule has 2 aliphatic rings. The third-order valence-corrected chi connectivity index (χ3v) is 5.44. The van der Waals surface area contributed by atoms with Crippen molar-refractivity contribution in [3.63, 3.8) is 0 Å². The largest absolute Gasteiger partial charge is 0.437 e. The Morgan fingerprint density at radius 2 is 2.27 bits per heavy atom. The van der Waals surface area contributed by atoms with Gasteiger partial charge in [-0.15, -0.1) is 0 Å². The lowest BCUT2D eigenvalue weighted by atomic mass is 9.95. The number of rotatable bonds is 4. The number of aryl methyl sites for hydroxylation is 1. The highest BCUT2D eigenvalue weighted by atomic mass is 31.0. The first-order chi connectivity index (χ1) is 14.1. The van der Waals surface area contributed by atoms with E-state index in [4.69, 9.17) is 9.72 Å². The summed E-state index contributed by atoms with van der Waals surface area (Å²) in [6.45, 7) is 13.5. The Balaban J connectivity index is 2.12. The molecule has 0 saturated carbocycles. The van der Waals surface area contributed by atoms with Crippen molar-refractivity contribution in [3.8, 4) is 0 Å². The van der Waals surface area contributed by atoms with Crippen LogP contribution in [-0.2, 0) is 4.74 Å². The Hall–Kier alpha value is -2.31. The van der Waals surface area contributed by atoms with Crippen molar-refractivity contribution in [2.24, 2.45) is 4.99 Å². The molecule has 3 rings (SSSR count). The number of hydrogen-bond acceptors (Lipinski definition) is 6. The van der Waals surface area contributed by atoms with Gasteiger partial charge in [-0.3, -0.25) is 5.32 Å². The fraction of sp³-hybridized carbons (Fsp3) is 0.476. The molecular weight excluding hydrogens is 404 g/mol. The van der Waals surface area contributed by atoms with E-state index < -0.39 is 17.6 Å². The van der Waals surface area contributed by atoms with Crippen LogP contribution in [0.3, 0.4) is 0 Å². The van der Waals surface area contributed by atoms with Gasteiger partial charge in [0, 0.05) is 37.4 Å². The molecule has 1 aromatic heterocycles. The minimum atomic E-state index is -1.89. The number of alkyl carbamates (subject to hydrolysis) is 1. The summed E-state index contributed by atoms with van der Waals surface area (Å²) in [7, 11) is 2.10. The number of nitrogens with zero attached hydrogens (tertiary/aromatic N) is 3. The predicted molar refractivity (Wildman–Crippen MR) is 122 cm³/mol. The lowest BCUT2D eigenvalue weighted by molar-refractivity contribution is 0.0572. The number of halogens is 1. The molecular formula is C21H29FN5O2P. The fourth-order valence-corrected chi connectivity index (χ4v) is 3.96. The van der Waals surface area contributed by atoms with Crippen molar-refractivity contribution >= 4 is 32.6 Å². The van der Waals surface area contributed by atoms with E-state index in [1.807, 2.05) is 26.0 Å². The maximum atomic E-state index is 15.0. The minimum Gasteiger partial charge on any atom is -0.437 e. The van der Waals surface area contributed by atoms with Crippen LogP contribution < -0.4 is 15.5 Å². The molecule has 2 fully saturated rings. The molecule has 2 saturated heterocycles. The number of carbonyl (C=O) groups excluding carboxylic acids is 1. The SMILES string of the molecule is C=CN=C1NC(=O)O[C@H](C(C)(F)P)/C1=C(/C)c1cc(C)cc(N2CCN[C@@H](C)C2)n1. The van der Waals surface area contributed by atoms with Crippen LogP contribution in [0.5, 0.6) is 0 Å². The molecule has 3 heterocycles. The number of pyridine rings is 1. The van der Waals surface area contributed by atoms with Gasteiger partial charge < -0.3 is 15.0 Å². The molecule has 0 aliphatic carbocycles. The number of carbonyl (C=O) groups is 1. The quantitative estimate of drug-likeness (QED) is 0.714. The van der Waals surface area contributed by atoms with Crippen LogP contribution in [0.2, 0.25) is 0 Å². The summed E-state index contributed by atoms with van der Waals surface area (Å²) in [5.41, 5.74) is 2.84. The topological polar surface area (TPSA) is 78.8 Å². The lowest BCUT2D eigenvalue weighted by Crippen LogP contribution is -2.50. The number of alkyl halides is 1. The second-order valence-electron chi connectivity index (χ2n) is 7.95. The van der Waals surface area contributed by atoms with Gasteiger partial charge in [-0.1, -0.05) is 15.8 Å². The summed E-state index contributed by atoms with van der Waals surface area (Å²) in [6, 6.07) is 4.35. The first-order valence-electron chi connectivity index (χ1n) is 9.92. The zero-order chi connectivity index (χ0) is 22.1. The van der Waals surface area contributed by atoms with Crippen molar-refractivity contribution in [2.45, 2.75) is 45.3 Å². The molecule has 2 N–H and O–H groups in total. The molecule has 0 bridgehead atoms. The van der Waals surface area contributed by atoms with Crippen LogP contribution in [0.1, 0.15) is 32.0 Å². The lowest BCUT2D eigenvalue weighted by Gasteiger charge is -2.35. The van der Waals surface area contributed by atoms with E-state index in [1.165, 1.54) is 13.1 Å². The van der Waals surface area contributed by atoms with Gasteiger partial charge in [0.25, 0.3) is 0 Å². The number of hydrogen-bond donors (Lipinski definition) is 2. The third kappa shape index (κ3) is 4.87. The summed E-state index contributed by atoms with van der Waals surface area (Å²) >= 11 is 0. The van der Waals surface area contributed by atoms with Gasteiger partial charge in [-0.25, -0.2) is 19.2 Å². The summed E-state index contributed by atoms with van der Waals surface area (Å²) in [5, 5.41) is 4.09. The minimum absolute atomic E-state index is 0.218. The van der Waals surface area contributed by atoms with Crippen LogP contribution >= 0.6 is 9.24 Å². The average Bonchev–Trinajstić information content (AvgIpc) is 2.66. The first-order valence-corrected chi connectivity index (χ1v) is 10.5. The number of aliphatic imine (C=N–C) groups is 1. The Morgan fingerprint density at radius 3 is 2.90 bits per heavy atom. The molecule has 30 heavy (non-hydrogen) atoms. The van der Waals surface area contributed by atoms with Crippen LogP contribution in [0.4, 0.5) is 15.0 Å². The number of piperazine rings is 1. The molecule has 0 radical (unpaired) electrons. The highest BCUT2D eigenvalue weighted by molar-refractivity contribution is 7.18. The van der Waals surface area contributed by atoms with Crippen LogP contribution in [0.15, 0.2) is 35.5 Å². The zero-order valence-corrected chi connectivity index (χ0v) is 19.0. The van der Waals surface area contributed by atoms with Gasteiger partial charge in [0.05, 0.1) is 5.69 Å². The van der Waals surface area contributed by atoms with Crippen molar-refractivity contribution in [3.05, 3.63) is 41.7 Å². The molecule has 2 aliphatic heterocycles. The third-order valence-electron chi connectivity index (χ3n) is 5.13. The van der Waals surface area contributed by atoms with E-state index in [0.717, 1.165) is 31.0 Å². The molecule has 0 spiro atoms. The molecule has 1 amide bonds. The van der Waals surface area contributed by atoms with E-state index in [2.05, 4.69) is 43.3 Å². The van der Waals surface area contributed by atoms with Gasteiger partial charge in [0.15, 0.2) is 11.5 Å². The van der Waals surface area contributed by atoms with Crippen molar-refractivity contribution in [1.29, 1.82) is 0 Å². The highest BCUT2D eigenvalue weighted by Crippen LogP contribution is 2.37. The van der Waals surface area contributed by atoms with Gasteiger partial charge in [-0.2, -0.15) is 0 Å². The first kappa shape index (κ1) is 22.4. The van der Waals surface area contributed by atoms with Gasteiger partial charge in [0.2, 0.25) is 0 Å². The smallest absolute Gasteiger partial charge is 0.413 e. The van der Waals surface area contributed by atoms with E-state index in [-0.39, 0.29) is 5.84 Å². The average molecular weight is 433 g/mol. The molecule has 1 aromatic rings. The summed E-state index contributed by atoms with van der Waals surface area (Å²) in [5.74, 6) is 1.09. The van der Waals surface area contributed by atoms with Crippen molar-refractivity contribution in [1.82, 2.24) is 15.6 Å². The van der Waals surface area contributed by atoms with E-state index in [1.54, 1.807) is 0 Å². The molecule has 0 aromatic carbocycles. The second kappa shape index (κ2) is 8.82. The Kier molecular flexibility index (Phi) is 6.58. The number of anilines is 1. The summed E-state index contributed by atoms with van der Waals surface area (Å²) < 4.78 is 20.3. The van der Waals surface area contributed by atoms with Gasteiger partial charge >= 0.3 is 6.09 Å². The van der Waals surface area contributed by atoms with Crippen LogP contribution in [0, 0.1) is 6.92 Å². The number of amidine groups is 1. The molecule has 4 atom stereocenters. The number of aromatic nitrogens is 1. The molecule has 2 unspecified atom stereocenters. The standard InChI is InChI=1S/C21H29FN5O2P/c1-6-23-19-17(18(21(5,22)30)29-20(28)26-19)14(4)15-9-12(2)10-16(25-15)27-8-7-24-13(3)11-27/h6,9-10,13,18,24H,1,7-8,11,30H2,2-5H3,(H,23,26,28)/b17-14+/t13-,18-,21?/m0/s1. The number of allylic oxidation sites excluding steroid dienone is 1. The number of nitrogens with one attached hydrogen (secondary N) is 2. The van der Waals surface area contributed by atoms with E-state index in [0.29, 0.717) is 22.9 Å². The van der Waals surface area contributed by atoms with E-state index >= 15 is 0 Å². The summed E-state index contributed by atoms with van der Waals surface area (Å²) in [4.78, 5) is 23.2. The molecule has 9 heteroatoms. The highest BCUT2D eigenvalue weighted by Gasteiger charge is 2.43. The number of cyclic esters (lactones) is 1. The second-order valence-corrected chi connectivity index (χ2v) is 9.08. The number of ether oxygens (including phenoxy) is 1.